The van der Waals surface area contributed by atoms with Crippen molar-refractivity contribution >= 4 is 22.9 Å². The predicted octanol–water partition coefficient (Wildman–Crippen LogP) is 3.14. The van der Waals surface area contributed by atoms with Gasteiger partial charge in [0.25, 0.3) is 0 Å². The van der Waals surface area contributed by atoms with Crippen LogP contribution in [0.3, 0.4) is 0 Å². The molecule has 1 aromatic heterocycles. The molecule has 1 fully saturated rings. The van der Waals surface area contributed by atoms with Crippen LogP contribution in [0.5, 0.6) is 0 Å². The monoisotopic (exact) mass is 273 g/mol. The summed E-state index contributed by atoms with van der Waals surface area (Å²) in [4.78, 5) is 5.39. The summed E-state index contributed by atoms with van der Waals surface area (Å²) in [6, 6.07) is 4.98. The van der Waals surface area contributed by atoms with Crippen molar-refractivity contribution in [3.8, 4) is 0 Å². The largest absolute Gasteiger partial charge is 0.374 e. The van der Waals surface area contributed by atoms with E-state index < -0.39 is 0 Å². The van der Waals surface area contributed by atoms with Crippen molar-refractivity contribution in [3.05, 3.63) is 21.9 Å². The Morgan fingerprint density at radius 3 is 2.88 bits per heavy atom. The molecule has 0 amide bonds. The van der Waals surface area contributed by atoms with Crippen LogP contribution in [0.15, 0.2) is 12.1 Å². The van der Waals surface area contributed by atoms with Crippen molar-refractivity contribution < 1.29 is 4.74 Å². The molecule has 0 spiro atoms. The minimum atomic E-state index is 0.193. The van der Waals surface area contributed by atoms with Crippen LogP contribution in [-0.4, -0.2) is 36.1 Å². The molecule has 0 radical (unpaired) electrons. The topological polar surface area (TPSA) is 12.5 Å². The molecule has 2 nitrogen and oxygen atoms in total. The van der Waals surface area contributed by atoms with Crippen LogP contribution in [0.2, 0.25) is 0 Å². The van der Waals surface area contributed by atoms with E-state index in [0.29, 0.717) is 11.9 Å². The lowest BCUT2D eigenvalue weighted by molar-refractivity contribution is -0.0507. The first-order valence-electron chi connectivity index (χ1n) is 6.22. The molecule has 1 aliphatic rings. The number of alkyl halides is 1. The van der Waals surface area contributed by atoms with Gasteiger partial charge in [-0.1, -0.05) is 6.92 Å². The third-order valence-electron chi connectivity index (χ3n) is 3.23. The van der Waals surface area contributed by atoms with Crippen molar-refractivity contribution in [2.45, 2.75) is 39.0 Å². The van der Waals surface area contributed by atoms with Crippen molar-refractivity contribution in [1.29, 1.82) is 0 Å². The van der Waals surface area contributed by atoms with E-state index in [1.165, 1.54) is 9.75 Å². The lowest BCUT2D eigenvalue weighted by Crippen LogP contribution is -2.48. The maximum atomic E-state index is 5.87. The van der Waals surface area contributed by atoms with Crippen molar-refractivity contribution in [1.82, 2.24) is 4.90 Å². The van der Waals surface area contributed by atoms with Gasteiger partial charge >= 0.3 is 0 Å². The summed E-state index contributed by atoms with van der Waals surface area (Å²) in [7, 11) is 0. The zero-order chi connectivity index (χ0) is 12.3. The summed E-state index contributed by atoms with van der Waals surface area (Å²) in [6.07, 6.45) is 1.33. The maximum Gasteiger partial charge on any atom is 0.0838 e. The lowest BCUT2D eigenvalue weighted by Gasteiger charge is -2.37. The number of nitrogens with zero attached hydrogens (tertiary/aromatic N) is 1. The molecule has 0 aromatic carbocycles. The lowest BCUT2D eigenvalue weighted by atomic mass is 10.2. The zero-order valence-electron chi connectivity index (χ0n) is 10.5. The van der Waals surface area contributed by atoms with Gasteiger partial charge in [-0.2, -0.15) is 0 Å². The number of rotatable bonds is 4. The highest BCUT2D eigenvalue weighted by Gasteiger charge is 2.25. The molecule has 1 saturated heterocycles. The molecule has 4 heteroatoms. The third-order valence-corrected chi connectivity index (χ3v) is 4.79. The molecule has 96 valence electrons. The SMILES string of the molecule is CCc1ccc(CN2CC(CCl)OCC2C)s1. The highest BCUT2D eigenvalue weighted by Crippen LogP contribution is 2.22. The summed E-state index contributed by atoms with van der Waals surface area (Å²) in [6.45, 7) is 7.20. The van der Waals surface area contributed by atoms with Crippen LogP contribution in [0.25, 0.3) is 0 Å². The molecule has 17 heavy (non-hydrogen) atoms. The molecule has 2 atom stereocenters. The summed E-state index contributed by atoms with van der Waals surface area (Å²) in [5.74, 6) is 0.591. The van der Waals surface area contributed by atoms with Crippen molar-refractivity contribution in [3.63, 3.8) is 0 Å². The number of aryl methyl sites for hydroxylation is 1. The highest BCUT2D eigenvalue weighted by atomic mass is 35.5. The number of hydrogen-bond donors (Lipinski definition) is 0. The Labute approximate surface area is 113 Å². The number of hydrogen-bond acceptors (Lipinski definition) is 3. The molecule has 2 rings (SSSR count). The third kappa shape index (κ3) is 3.44. The summed E-state index contributed by atoms with van der Waals surface area (Å²) in [5.41, 5.74) is 0. The molecule has 2 heterocycles. The van der Waals surface area contributed by atoms with Crippen molar-refractivity contribution in [2.75, 3.05) is 19.0 Å². The normalized spacial score (nSPS) is 26.3. The second-order valence-corrected chi connectivity index (χ2v) is 6.17. The van der Waals surface area contributed by atoms with E-state index in [-0.39, 0.29) is 6.10 Å². The average molecular weight is 274 g/mol. The Bertz CT molecular complexity index is 355. The minimum Gasteiger partial charge on any atom is -0.374 e. The van der Waals surface area contributed by atoms with Gasteiger partial charge in [-0.05, 0) is 25.5 Å². The van der Waals surface area contributed by atoms with Gasteiger partial charge in [-0.3, -0.25) is 4.90 Å². The smallest absolute Gasteiger partial charge is 0.0838 e. The fourth-order valence-corrected chi connectivity index (χ4v) is 3.26. The minimum absolute atomic E-state index is 0.193. The van der Waals surface area contributed by atoms with Crippen LogP contribution in [0.4, 0.5) is 0 Å². The Kier molecular flexibility index (Phi) is 4.86. The van der Waals surface area contributed by atoms with Crippen LogP contribution in [0.1, 0.15) is 23.6 Å². The Morgan fingerprint density at radius 1 is 1.47 bits per heavy atom. The molecule has 0 saturated carbocycles. The molecule has 0 bridgehead atoms. The number of morpholine rings is 1. The summed E-state index contributed by atoms with van der Waals surface area (Å²) in [5, 5.41) is 0. The highest BCUT2D eigenvalue weighted by molar-refractivity contribution is 7.11. The Morgan fingerprint density at radius 2 is 2.24 bits per heavy atom. The fourth-order valence-electron chi connectivity index (χ4n) is 2.09. The van der Waals surface area contributed by atoms with E-state index in [4.69, 9.17) is 16.3 Å². The van der Waals surface area contributed by atoms with Gasteiger partial charge in [-0.25, -0.2) is 0 Å². The van der Waals surface area contributed by atoms with Gasteiger partial charge in [-0.15, -0.1) is 22.9 Å². The van der Waals surface area contributed by atoms with E-state index in [1.807, 2.05) is 11.3 Å². The molecular weight excluding hydrogens is 254 g/mol. The second-order valence-electron chi connectivity index (χ2n) is 4.61. The molecule has 2 unspecified atom stereocenters. The quantitative estimate of drug-likeness (QED) is 0.782. The zero-order valence-corrected chi connectivity index (χ0v) is 12.1. The van der Waals surface area contributed by atoms with Gasteiger partial charge in [0.05, 0.1) is 12.7 Å². The standard InChI is InChI=1S/C13H20ClNOS/c1-3-12-4-5-13(17-12)8-15-7-11(6-14)16-9-10(15)2/h4-5,10-11H,3,6-9H2,1-2H3. The van der Waals surface area contributed by atoms with Gasteiger partial charge in [0, 0.05) is 34.8 Å². The van der Waals surface area contributed by atoms with E-state index in [9.17, 15) is 0 Å². The molecular formula is C13H20ClNOS. The summed E-state index contributed by atoms with van der Waals surface area (Å²) < 4.78 is 5.66. The van der Waals surface area contributed by atoms with Crippen LogP contribution >= 0.6 is 22.9 Å². The van der Waals surface area contributed by atoms with Crippen LogP contribution in [-0.2, 0) is 17.7 Å². The number of ether oxygens (including phenoxy) is 1. The molecule has 1 aromatic rings. The van der Waals surface area contributed by atoms with Gasteiger partial charge < -0.3 is 4.74 Å². The van der Waals surface area contributed by atoms with E-state index in [1.54, 1.807) is 0 Å². The van der Waals surface area contributed by atoms with Crippen LogP contribution < -0.4 is 0 Å². The second kappa shape index (κ2) is 6.19. The van der Waals surface area contributed by atoms with E-state index in [2.05, 4.69) is 30.9 Å². The van der Waals surface area contributed by atoms with E-state index >= 15 is 0 Å². The Balaban J connectivity index is 1.96. The Hall–Kier alpha value is -0.0900. The van der Waals surface area contributed by atoms with Gasteiger partial charge in [0.1, 0.15) is 0 Å². The van der Waals surface area contributed by atoms with Crippen LogP contribution in [0, 0.1) is 0 Å². The first-order valence-corrected chi connectivity index (χ1v) is 7.57. The fraction of sp³-hybridized carbons (Fsp3) is 0.692. The molecule has 1 aliphatic heterocycles. The molecule has 0 aliphatic carbocycles. The van der Waals surface area contributed by atoms with E-state index in [0.717, 1.165) is 26.1 Å². The first kappa shape index (κ1) is 13.3. The summed E-state index contributed by atoms with van der Waals surface area (Å²) >= 11 is 7.80. The van der Waals surface area contributed by atoms with Gasteiger partial charge in [0.15, 0.2) is 0 Å². The predicted molar refractivity (Wildman–Crippen MR) is 74.0 cm³/mol. The number of thiophene rings is 1. The van der Waals surface area contributed by atoms with Crippen molar-refractivity contribution in [2.24, 2.45) is 0 Å². The number of halogens is 1. The molecule has 0 N–H and O–H groups in total. The maximum absolute atomic E-state index is 5.87. The average Bonchev–Trinajstić information content (AvgIpc) is 2.80. The van der Waals surface area contributed by atoms with Gasteiger partial charge in [0.2, 0.25) is 0 Å². The first-order chi connectivity index (χ1) is 8.22.